The lowest BCUT2D eigenvalue weighted by molar-refractivity contribution is -0.150. The Bertz CT molecular complexity index is 376. The molecule has 0 N–H and O–H groups in total. The molecule has 0 fully saturated rings. The molecular weight excluding hydrogens is 372 g/mol. The monoisotopic (exact) mass is 424 g/mol. The lowest BCUT2D eigenvalue weighted by Gasteiger charge is -2.18. The zero-order valence-corrected chi connectivity index (χ0v) is 20.7. The second-order valence-electron chi connectivity index (χ2n) is 9.19. The van der Waals surface area contributed by atoms with Crippen molar-refractivity contribution in [3.63, 3.8) is 0 Å². The van der Waals surface area contributed by atoms with E-state index in [-0.39, 0.29) is 17.9 Å². The Labute approximate surface area is 188 Å². The van der Waals surface area contributed by atoms with E-state index < -0.39 is 0 Å². The van der Waals surface area contributed by atoms with Crippen LogP contribution in [-0.2, 0) is 14.3 Å². The van der Waals surface area contributed by atoms with Gasteiger partial charge in [-0.3, -0.25) is 4.79 Å². The number of Topliss-reactive ketones (excluding diaryl/α,β-unsaturated/α-hetero) is 1. The van der Waals surface area contributed by atoms with Crippen LogP contribution < -0.4 is 0 Å². The molecule has 0 atom stereocenters. The van der Waals surface area contributed by atoms with Crippen molar-refractivity contribution in [2.24, 2.45) is 0 Å². The van der Waals surface area contributed by atoms with Crippen molar-refractivity contribution in [2.45, 2.75) is 162 Å². The van der Waals surface area contributed by atoms with E-state index in [2.05, 4.69) is 13.8 Å². The molecule has 0 aromatic heterocycles. The molecule has 178 valence electrons. The maximum atomic E-state index is 12.3. The Morgan fingerprint density at radius 1 is 0.567 bits per heavy atom. The van der Waals surface area contributed by atoms with E-state index in [1.165, 1.54) is 77.0 Å². The molecule has 0 unspecified atom stereocenters. The third-order valence-corrected chi connectivity index (χ3v) is 5.97. The van der Waals surface area contributed by atoms with Crippen LogP contribution in [0.25, 0.3) is 0 Å². The minimum atomic E-state index is 0.000650. The first-order valence-electron chi connectivity index (χ1n) is 13.3. The smallest absolute Gasteiger partial charge is 0.306 e. The quantitative estimate of drug-likeness (QED) is 0.122. The summed E-state index contributed by atoms with van der Waals surface area (Å²) in [6.07, 6.45) is 24.1. The summed E-state index contributed by atoms with van der Waals surface area (Å²) in [5, 5.41) is 0. The average Bonchev–Trinajstić information content (AvgIpc) is 2.71. The van der Waals surface area contributed by atoms with E-state index in [4.69, 9.17) is 4.74 Å². The first-order valence-corrected chi connectivity index (χ1v) is 13.3. The van der Waals surface area contributed by atoms with Crippen molar-refractivity contribution in [3.8, 4) is 0 Å². The molecule has 30 heavy (non-hydrogen) atoms. The van der Waals surface area contributed by atoms with Gasteiger partial charge in [0, 0.05) is 12.8 Å². The van der Waals surface area contributed by atoms with Crippen molar-refractivity contribution in [2.75, 3.05) is 0 Å². The molecule has 0 spiro atoms. The zero-order valence-electron chi connectivity index (χ0n) is 20.7. The molecule has 0 aliphatic heterocycles. The molecular formula is C27H52O3. The Hall–Kier alpha value is -0.860. The van der Waals surface area contributed by atoms with Gasteiger partial charge in [0.25, 0.3) is 0 Å². The van der Waals surface area contributed by atoms with Crippen molar-refractivity contribution in [1.29, 1.82) is 0 Å². The lowest BCUT2D eigenvalue weighted by Crippen LogP contribution is -2.18. The van der Waals surface area contributed by atoms with Crippen LogP contribution in [0.15, 0.2) is 0 Å². The van der Waals surface area contributed by atoms with E-state index in [1.54, 1.807) is 6.92 Å². The van der Waals surface area contributed by atoms with Gasteiger partial charge in [-0.05, 0) is 45.4 Å². The van der Waals surface area contributed by atoms with Gasteiger partial charge in [-0.1, -0.05) is 97.3 Å². The highest BCUT2D eigenvalue weighted by Gasteiger charge is 2.14. The number of esters is 1. The van der Waals surface area contributed by atoms with E-state index in [1.807, 2.05) is 0 Å². The van der Waals surface area contributed by atoms with E-state index >= 15 is 0 Å². The van der Waals surface area contributed by atoms with Crippen LogP contribution in [0.1, 0.15) is 156 Å². The van der Waals surface area contributed by atoms with Gasteiger partial charge >= 0.3 is 5.97 Å². The number of ether oxygens (including phenoxy) is 1. The van der Waals surface area contributed by atoms with E-state index in [0.29, 0.717) is 12.8 Å². The number of carbonyl (C=O) groups excluding carboxylic acids is 2. The molecule has 0 saturated carbocycles. The SMILES string of the molecule is CCCCCCCCC(CCCCCCCC)OC(=O)CCCCCCCC(C)=O. The van der Waals surface area contributed by atoms with Gasteiger partial charge in [-0.15, -0.1) is 0 Å². The Balaban J connectivity index is 4.00. The van der Waals surface area contributed by atoms with Gasteiger partial charge in [-0.2, -0.15) is 0 Å². The van der Waals surface area contributed by atoms with Crippen LogP contribution in [0, 0.1) is 0 Å². The maximum Gasteiger partial charge on any atom is 0.306 e. The highest BCUT2D eigenvalue weighted by atomic mass is 16.5. The fraction of sp³-hybridized carbons (Fsp3) is 0.926. The van der Waals surface area contributed by atoms with Crippen molar-refractivity contribution in [3.05, 3.63) is 0 Å². The summed E-state index contributed by atoms with van der Waals surface area (Å²) < 4.78 is 5.88. The maximum absolute atomic E-state index is 12.3. The van der Waals surface area contributed by atoms with Gasteiger partial charge in [-0.25, -0.2) is 0 Å². The van der Waals surface area contributed by atoms with Gasteiger partial charge < -0.3 is 9.53 Å². The molecule has 0 radical (unpaired) electrons. The first-order chi connectivity index (χ1) is 14.6. The van der Waals surface area contributed by atoms with E-state index in [9.17, 15) is 9.59 Å². The number of hydrogen-bond acceptors (Lipinski definition) is 3. The van der Waals surface area contributed by atoms with Crippen LogP contribution in [-0.4, -0.2) is 17.9 Å². The largest absolute Gasteiger partial charge is 0.462 e. The van der Waals surface area contributed by atoms with Crippen LogP contribution in [0.5, 0.6) is 0 Å². The van der Waals surface area contributed by atoms with Crippen LogP contribution in [0.3, 0.4) is 0 Å². The summed E-state index contributed by atoms with van der Waals surface area (Å²) in [6.45, 7) is 6.16. The number of rotatable bonds is 23. The summed E-state index contributed by atoms with van der Waals surface area (Å²) in [5.74, 6) is 0.279. The molecule has 3 nitrogen and oxygen atoms in total. The highest BCUT2D eigenvalue weighted by Crippen LogP contribution is 2.18. The lowest BCUT2D eigenvalue weighted by atomic mass is 10.0. The molecule has 0 bridgehead atoms. The number of ketones is 1. The predicted molar refractivity (Wildman–Crippen MR) is 129 cm³/mol. The van der Waals surface area contributed by atoms with Crippen LogP contribution in [0.4, 0.5) is 0 Å². The molecule has 0 amide bonds. The molecule has 3 heteroatoms. The van der Waals surface area contributed by atoms with Gasteiger partial charge in [0.05, 0.1) is 0 Å². The first kappa shape index (κ1) is 29.1. The molecule has 0 rings (SSSR count). The highest BCUT2D eigenvalue weighted by molar-refractivity contribution is 5.75. The number of unbranched alkanes of at least 4 members (excludes halogenated alkanes) is 14. The third kappa shape index (κ3) is 21.8. The summed E-state index contributed by atoms with van der Waals surface area (Å²) >= 11 is 0. The average molecular weight is 425 g/mol. The Kier molecular flexibility index (Phi) is 22.2. The third-order valence-electron chi connectivity index (χ3n) is 5.97. The van der Waals surface area contributed by atoms with Gasteiger partial charge in [0.2, 0.25) is 0 Å². The van der Waals surface area contributed by atoms with Crippen LogP contribution >= 0.6 is 0 Å². The van der Waals surface area contributed by atoms with Crippen molar-refractivity contribution >= 4 is 11.8 Å². The minimum Gasteiger partial charge on any atom is -0.462 e. The Morgan fingerprint density at radius 2 is 0.967 bits per heavy atom. The molecule has 0 heterocycles. The van der Waals surface area contributed by atoms with Crippen molar-refractivity contribution in [1.82, 2.24) is 0 Å². The number of hydrogen-bond donors (Lipinski definition) is 0. The minimum absolute atomic E-state index is 0.000650. The fourth-order valence-electron chi connectivity index (χ4n) is 3.99. The van der Waals surface area contributed by atoms with Crippen LogP contribution in [0.2, 0.25) is 0 Å². The fourth-order valence-corrected chi connectivity index (χ4v) is 3.99. The second-order valence-corrected chi connectivity index (χ2v) is 9.19. The standard InChI is InChI=1S/C27H52O3/c1-4-6-8-10-14-18-22-26(23-19-15-11-9-7-5-2)30-27(29)24-20-16-12-13-17-21-25(3)28/h26H,4-24H2,1-3H3. The van der Waals surface area contributed by atoms with Gasteiger partial charge in [0.15, 0.2) is 0 Å². The molecule has 0 aliphatic rings. The normalized spacial score (nSPS) is 11.2. The molecule has 0 aromatic carbocycles. The summed E-state index contributed by atoms with van der Waals surface area (Å²) in [4.78, 5) is 23.3. The topological polar surface area (TPSA) is 43.4 Å². The molecule has 0 aliphatic carbocycles. The van der Waals surface area contributed by atoms with Gasteiger partial charge in [0.1, 0.15) is 11.9 Å². The second kappa shape index (κ2) is 22.8. The number of carbonyl (C=O) groups is 2. The zero-order chi connectivity index (χ0) is 22.3. The summed E-state index contributed by atoms with van der Waals surface area (Å²) in [5.41, 5.74) is 0. The molecule has 0 aromatic rings. The predicted octanol–water partition coefficient (Wildman–Crippen LogP) is 8.72. The summed E-state index contributed by atoms with van der Waals surface area (Å²) in [6, 6.07) is 0. The molecule has 0 saturated heterocycles. The van der Waals surface area contributed by atoms with Crippen molar-refractivity contribution < 1.29 is 14.3 Å². The summed E-state index contributed by atoms with van der Waals surface area (Å²) in [7, 11) is 0. The van der Waals surface area contributed by atoms with E-state index in [0.717, 1.165) is 44.9 Å². The Morgan fingerprint density at radius 3 is 1.43 bits per heavy atom.